The number of ether oxygens (including phenoxy) is 2. The van der Waals surface area contributed by atoms with Gasteiger partial charge in [-0.05, 0) is 13.3 Å². The first-order valence-electron chi connectivity index (χ1n) is 6.61. The van der Waals surface area contributed by atoms with E-state index in [2.05, 4.69) is 24.4 Å². The highest BCUT2D eigenvalue weighted by atomic mass is 28.3. The van der Waals surface area contributed by atoms with Gasteiger partial charge >= 0.3 is 17.9 Å². The molecule has 0 aromatic heterocycles. The number of halogens is 5. The van der Waals surface area contributed by atoms with Crippen molar-refractivity contribution in [2.75, 3.05) is 13.2 Å². The molecule has 0 aromatic carbocycles. The number of rotatable bonds is 5. The Kier molecular flexibility index (Phi) is 4.86. The van der Waals surface area contributed by atoms with Crippen LogP contribution in [0.15, 0.2) is 0 Å². The van der Waals surface area contributed by atoms with Gasteiger partial charge in [-0.2, -0.15) is 22.0 Å². The fourth-order valence-electron chi connectivity index (χ4n) is 2.07. The van der Waals surface area contributed by atoms with E-state index in [0.29, 0.717) is 6.42 Å². The monoisotopic (exact) mass is 336 g/mol. The van der Waals surface area contributed by atoms with Crippen LogP contribution in [0.25, 0.3) is 0 Å². The van der Waals surface area contributed by atoms with E-state index in [1.54, 1.807) is 0 Å². The normalized spacial score (nSPS) is 33.4. The molecule has 0 radical (unpaired) electrons. The second kappa shape index (κ2) is 5.43. The molecule has 0 aromatic rings. The topological polar surface area (TPSA) is 38.7 Å². The van der Waals surface area contributed by atoms with E-state index in [0.717, 1.165) is 13.0 Å². The van der Waals surface area contributed by atoms with E-state index < -0.39 is 38.2 Å². The molecule has 0 aliphatic carbocycles. The molecule has 3 nitrogen and oxygen atoms in total. The lowest BCUT2D eigenvalue weighted by molar-refractivity contribution is -0.410. The molecule has 1 saturated heterocycles. The largest absolute Gasteiger partial charge is 0.449 e. The van der Waals surface area contributed by atoms with Gasteiger partial charge in [0.15, 0.2) is 5.60 Å². The Morgan fingerprint density at radius 3 is 2.14 bits per heavy atom. The molecule has 0 amide bonds. The van der Waals surface area contributed by atoms with E-state index in [1.807, 2.05) is 0 Å². The maximum atomic E-state index is 14.0. The minimum Gasteiger partial charge on any atom is -0.366 e. The molecular weight excluding hydrogens is 315 g/mol. The van der Waals surface area contributed by atoms with Crippen LogP contribution in [0.2, 0.25) is 25.7 Å². The second-order valence-corrected chi connectivity index (χ2v) is 12.4. The lowest BCUT2D eigenvalue weighted by Gasteiger charge is -2.36. The molecule has 0 bridgehead atoms. The third-order valence-electron chi connectivity index (χ3n) is 3.52. The summed E-state index contributed by atoms with van der Waals surface area (Å²) in [4.78, 5) is 0. The van der Waals surface area contributed by atoms with Crippen molar-refractivity contribution in [3.05, 3.63) is 0 Å². The van der Waals surface area contributed by atoms with Crippen LogP contribution in [-0.2, 0) is 9.47 Å². The molecule has 2 unspecified atom stereocenters. The van der Waals surface area contributed by atoms with Gasteiger partial charge in [0.05, 0.1) is 6.61 Å². The van der Waals surface area contributed by atoms with E-state index in [-0.39, 0.29) is 6.61 Å². The Hall–Kier alpha value is -0.253. The highest BCUT2D eigenvalue weighted by Gasteiger charge is 2.81. The lowest BCUT2D eigenvalue weighted by atomic mass is 9.94. The molecule has 1 fully saturated rings. The van der Waals surface area contributed by atoms with Crippen molar-refractivity contribution in [2.45, 2.75) is 62.5 Å². The Morgan fingerprint density at radius 1 is 1.24 bits per heavy atom. The van der Waals surface area contributed by atoms with Crippen LogP contribution in [0.5, 0.6) is 0 Å². The van der Waals surface area contributed by atoms with Crippen LogP contribution >= 0.6 is 0 Å². The molecule has 0 spiro atoms. The van der Waals surface area contributed by atoms with Crippen LogP contribution in [0, 0.1) is 0 Å². The summed E-state index contributed by atoms with van der Waals surface area (Å²) < 4.78 is 74.8. The van der Waals surface area contributed by atoms with Gasteiger partial charge in [0.1, 0.15) is 0 Å². The molecule has 21 heavy (non-hydrogen) atoms. The first-order chi connectivity index (χ1) is 9.16. The van der Waals surface area contributed by atoms with Crippen LogP contribution < -0.4 is 0 Å². The second-order valence-electron chi connectivity index (χ2n) is 6.75. The Balaban J connectivity index is 2.75. The lowest BCUT2D eigenvalue weighted by Crippen LogP contribution is -2.63. The number of hydrogen-bond acceptors (Lipinski definition) is 3. The van der Waals surface area contributed by atoms with Gasteiger partial charge in [-0.3, -0.25) is 0 Å². The summed E-state index contributed by atoms with van der Waals surface area (Å²) in [6, 6.07) is 0.805. The third-order valence-corrected chi connectivity index (χ3v) is 5.38. The minimum atomic E-state index is -5.60. The number of aliphatic hydroxyl groups is 1. The van der Waals surface area contributed by atoms with Crippen LogP contribution in [-0.4, -0.2) is 49.9 Å². The highest BCUT2D eigenvalue weighted by Crippen LogP contribution is 2.54. The summed E-state index contributed by atoms with van der Waals surface area (Å²) in [5.74, 6) is -9.09. The van der Waals surface area contributed by atoms with Crippen molar-refractivity contribution in [3.8, 4) is 0 Å². The van der Waals surface area contributed by atoms with Crippen molar-refractivity contribution < 1.29 is 36.5 Å². The molecule has 1 heterocycles. The van der Waals surface area contributed by atoms with Gasteiger partial charge in [0, 0.05) is 14.7 Å². The van der Waals surface area contributed by atoms with E-state index in [1.165, 1.54) is 0 Å². The zero-order valence-corrected chi connectivity index (χ0v) is 13.5. The summed E-state index contributed by atoms with van der Waals surface area (Å²) in [5, 5.41) is 9.21. The Morgan fingerprint density at radius 2 is 1.76 bits per heavy atom. The molecule has 126 valence electrons. The molecular formula is C12H21F5O3Si. The van der Waals surface area contributed by atoms with Crippen LogP contribution in [0.1, 0.15) is 13.3 Å². The Labute approximate surface area is 121 Å². The SMILES string of the molecule is CC1(OCCC[Si](C)(C)C)COC(O)(C(F)(F)F)C1(F)F. The summed E-state index contributed by atoms with van der Waals surface area (Å²) in [5.41, 5.74) is -2.50. The molecule has 9 heteroatoms. The van der Waals surface area contributed by atoms with E-state index in [4.69, 9.17) is 4.74 Å². The molecule has 1 aliphatic rings. The van der Waals surface area contributed by atoms with Crippen LogP contribution in [0.3, 0.4) is 0 Å². The van der Waals surface area contributed by atoms with Crippen molar-refractivity contribution in [2.24, 2.45) is 0 Å². The maximum Gasteiger partial charge on any atom is 0.449 e. The first kappa shape index (κ1) is 18.8. The van der Waals surface area contributed by atoms with Crippen molar-refractivity contribution >= 4 is 8.07 Å². The standard InChI is InChI=1S/C12H21F5O3Si/c1-9(19-6-5-7-21(2,3)4)8-20-11(18,10(9,13)14)12(15,16)17/h18H,5-8H2,1-4H3. The average molecular weight is 336 g/mol. The molecule has 0 saturated carbocycles. The van der Waals surface area contributed by atoms with E-state index in [9.17, 15) is 27.1 Å². The molecule has 1 aliphatic heterocycles. The summed E-state index contributed by atoms with van der Waals surface area (Å²) in [6.07, 6.45) is -5.12. The van der Waals surface area contributed by atoms with Crippen LogP contribution in [0.4, 0.5) is 22.0 Å². The zero-order chi connectivity index (χ0) is 16.7. The summed E-state index contributed by atoms with van der Waals surface area (Å²) in [6.45, 7) is 5.96. The maximum absolute atomic E-state index is 14.0. The van der Waals surface area contributed by atoms with Gasteiger partial charge in [0.2, 0.25) is 0 Å². The predicted molar refractivity (Wildman–Crippen MR) is 69.0 cm³/mol. The Bertz CT molecular complexity index is 382. The van der Waals surface area contributed by atoms with Gasteiger partial charge in [0.25, 0.3) is 0 Å². The fourth-order valence-corrected chi connectivity index (χ4v) is 3.28. The molecule has 2 atom stereocenters. The van der Waals surface area contributed by atoms with E-state index >= 15 is 0 Å². The number of alkyl halides is 5. The third kappa shape index (κ3) is 3.40. The van der Waals surface area contributed by atoms with Crippen molar-refractivity contribution in [1.29, 1.82) is 0 Å². The minimum absolute atomic E-state index is 0.104. The predicted octanol–water partition coefficient (Wildman–Crippen LogP) is 3.41. The number of hydrogen-bond donors (Lipinski definition) is 1. The highest BCUT2D eigenvalue weighted by molar-refractivity contribution is 6.76. The van der Waals surface area contributed by atoms with Gasteiger partial charge < -0.3 is 14.6 Å². The molecule has 1 N–H and O–H groups in total. The zero-order valence-electron chi connectivity index (χ0n) is 12.5. The quantitative estimate of drug-likeness (QED) is 0.475. The fraction of sp³-hybridized carbons (Fsp3) is 1.00. The molecule has 1 rings (SSSR count). The average Bonchev–Trinajstić information content (AvgIpc) is 2.45. The summed E-state index contributed by atoms with van der Waals surface area (Å²) >= 11 is 0. The van der Waals surface area contributed by atoms with Gasteiger partial charge in [-0.15, -0.1) is 0 Å². The van der Waals surface area contributed by atoms with Crippen molar-refractivity contribution in [3.63, 3.8) is 0 Å². The van der Waals surface area contributed by atoms with Crippen molar-refractivity contribution in [1.82, 2.24) is 0 Å². The van der Waals surface area contributed by atoms with Gasteiger partial charge in [-0.25, -0.2) is 0 Å². The first-order valence-corrected chi connectivity index (χ1v) is 10.3. The van der Waals surface area contributed by atoms with Gasteiger partial charge in [-0.1, -0.05) is 25.7 Å². The smallest absolute Gasteiger partial charge is 0.366 e. The summed E-state index contributed by atoms with van der Waals surface area (Å²) in [7, 11) is -1.38.